The topological polar surface area (TPSA) is 58.2 Å². The van der Waals surface area contributed by atoms with Crippen LogP contribution in [0.2, 0.25) is 0 Å². The van der Waals surface area contributed by atoms with Crippen LogP contribution in [0.25, 0.3) is 0 Å². The van der Waals surface area contributed by atoms with Crippen molar-refractivity contribution in [2.75, 3.05) is 0 Å². The van der Waals surface area contributed by atoms with Crippen molar-refractivity contribution in [3.8, 4) is 0 Å². The van der Waals surface area contributed by atoms with Crippen molar-refractivity contribution in [3.63, 3.8) is 0 Å². The smallest absolute Gasteiger partial charge is 0.236 e. The van der Waals surface area contributed by atoms with Gasteiger partial charge in [-0.25, -0.2) is 0 Å². The van der Waals surface area contributed by atoms with E-state index in [0.717, 1.165) is 51.4 Å². The highest BCUT2D eigenvalue weighted by Gasteiger charge is 2.45. The Kier molecular flexibility index (Phi) is 6.43. The predicted molar refractivity (Wildman–Crippen MR) is 92.9 cm³/mol. The van der Waals surface area contributed by atoms with Crippen LogP contribution in [0.3, 0.4) is 0 Å². The van der Waals surface area contributed by atoms with E-state index in [1.54, 1.807) is 12.2 Å². The number of carbonyl (C=O) groups excluding carboxylic acids is 2. The number of nitrogens with one attached hydrogen (secondary N) is 2. The second-order valence-corrected chi connectivity index (χ2v) is 6.98. The molecule has 23 heavy (non-hydrogen) atoms. The summed E-state index contributed by atoms with van der Waals surface area (Å²) in [6.07, 6.45) is 12.7. The maximum absolute atomic E-state index is 12.9. The van der Waals surface area contributed by atoms with E-state index in [2.05, 4.69) is 23.8 Å². The first kappa shape index (κ1) is 17.8. The average molecular weight is 318 g/mol. The molecule has 0 saturated heterocycles. The van der Waals surface area contributed by atoms with Gasteiger partial charge in [-0.2, -0.15) is 0 Å². The van der Waals surface area contributed by atoms with Crippen LogP contribution in [0.4, 0.5) is 0 Å². The van der Waals surface area contributed by atoms with Crippen molar-refractivity contribution in [2.24, 2.45) is 5.41 Å². The lowest BCUT2D eigenvalue weighted by atomic mass is 9.78. The first-order chi connectivity index (χ1) is 11.1. The number of allylic oxidation sites excluding steroid dienone is 2. The fraction of sp³-hybridized carbons (Fsp3) is 0.684. The highest BCUT2D eigenvalue weighted by atomic mass is 16.2. The fourth-order valence-corrected chi connectivity index (χ4v) is 3.84. The van der Waals surface area contributed by atoms with Crippen LogP contribution >= 0.6 is 0 Å². The van der Waals surface area contributed by atoms with Gasteiger partial charge in [-0.15, -0.1) is 13.2 Å². The first-order valence-electron chi connectivity index (χ1n) is 8.96. The Bertz CT molecular complexity index is 404. The average Bonchev–Trinajstić information content (AvgIpc) is 3.20. The van der Waals surface area contributed by atoms with Gasteiger partial charge in [0.1, 0.15) is 5.41 Å². The molecule has 2 saturated carbocycles. The molecular formula is C19H30N2O2. The summed E-state index contributed by atoms with van der Waals surface area (Å²) in [6.45, 7) is 7.52. The van der Waals surface area contributed by atoms with Gasteiger partial charge in [0.2, 0.25) is 11.8 Å². The largest absolute Gasteiger partial charge is 0.352 e. The molecule has 0 radical (unpaired) electrons. The van der Waals surface area contributed by atoms with E-state index in [-0.39, 0.29) is 23.9 Å². The lowest BCUT2D eigenvalue weighted by molar-refractivity contribution is -0.144. The number of rotatable bonds is 8. The number of hydrogen-bond donors (Lipinski definition) is 2. The van der Waals surface area contributed by atoms with Crippen LogP contribution in [0, 0.1) is 5.41 Å². The molecule has 0 aromatic carbocycles. The van der Waals surface area contributed by atoms with E-state index in [4.69, 9.17) is 0 Å². The molecule has 2 aliphatic rings. The predicted octanol–water partition coefficient (Wildman–Crippen LogP) is 3.24. The highest BCUT2D eigenvalue weighted by Crippen LogP contribution is 2.31. The summed E-state index contributed by atoms with van der Waals surface area (Å²) in [5.41, 5.74) is -1.10. The van der Waals surface area contributed by atoms with Crippen molar-refractivity contribution < 1.29 is 9.59 Å². The van der Waals surface area contributed by atoms with Crippen molar-refractivity contribution in [1.82, 2.24) is 10.6 Å². The van der Waals surface area contributed by atoms with E-state index in [1.807, 2.05) is 0 Å². The Morgan fingerprint density at radius 1 is 0.826 bits per heavy atom. The molecule has 0 aromatic rings. The molecule has 128 valence electrons. The van der Waals surface area contributed by atoms with Gasteiger partial charge >= 0.3 is 0 Å². The van der Waals surface area contributed by atoms with Gasteiger partial charge in [-0.05, 0) is 38.5 Å². The molecule has 2 amide bonds. The Balaban J connectivity index is 2.13. The molecular weight excluding hydrogens is 288 g/mol. The summed E-state index contributed by atoms with van der Waals surface area (Å²) in [4.78, 5) is 25.9. The zero-order valence-electron chi connectivity index (χ0n) is 14.1. The second-order valence-electron chi connectivity index (χ2n) is 6.98. The summed E-state index contributed by atoms with van der Waals surface area (Å²) < 4.78 is 0. The zero-order chi connectivity index (χ0) is 16.7. The summed E-state index contributed by atoms with van der Waals surface area (Å²) in [6, 6.07) is 0.409. The molecule has 0 heterocycles. The van der Waals surface area contributed by atoms with Crippen LogP contribution < -0.4 is 10.6 Å². The van der Waals surface area contributed by atoms with Gasteiger partial charge in [0.25, 0.3) is 0 Å². The first-order valence-corrected chi connectivity index (χ1v) is 8.96. The molecule has 0 unspecified atom stereocenters. The minimum Gasteiger partial charge on any atom is -0.352 e. The normalized spacial score (nSPS) is 19.5. The Labute approximate surface area is 139 Å². The van der Waals surface area contributed by atoms with E-state index >= 15 is 0 Å². The monoisotopic (exact) mass is 318 g/mol. The Hall–Kier alpha value is -1.58. The minimum atomic E-state index is -1.10. The van der Waals surface area contributed by atoms with Crippen molar-refractivity contribution in [2.45, 2.75) is 76.3 Å². The fourth-order valence-electron chi connectivity index (χ4n) is 3.84. The molecule has 4 heteroatoms. The van der Waals surface area contributed by atoms with E-state index in [9.17, 15) is 9.59 Å². The molecule has 0 spiro atoms. The van der Waals surface area contributed by atoms with E-state index in [1.165, 1.54) is 0 Å². The van der Waals surface area contributed by atoms with Crippen LogP contribution in [0.15, 0.2) is 25.3 Å². The van der Waals surface area contributed by atoms with E-state index < -0.39 is 5.41 Å². The van der Waals surface area contributed by atoms with Gasteiger partial charge < -0.3 is 10.6 Å². The number of amides is 2. The third-order valence-electron chi connectivity index (χ3n) is 5.24. The molecule has 2 aliphatic carbocycles. The quantitative estimate of drug-likeness (QED) is 0.533. The summed E-state index contributed by atoms with van der Waals surface area (Å²) in [5.74, 6) is -0.334. The number of hydrogen-bond acceptors (Lipinski definition) is 2. The van der Waals surface area contributed by atoms with Crippen molar-refractivity contribution in [3.05, 3.63) is 25.3 Å². The number of carbonyl (C=O) groups is 2. The van der Waals surface area contributed by atoms with Gasteiger partial charge in [0, 0.05) is 12.1 Å². The van der Waals surface area contributed by atoms with Gasteiger partial charge in [0.15, 0.2) is 0 Å². The lowest BCUT2D eigenvalue weighted by Crippen LogP contribution is -2.54. The Morgan fingerprint density at radius 2 is 1.17 bits per heavy atom. The zero-order valence-corrected chi connectivity index (χ0v) is 14.1. The van der Waals surface area contributed by atoms with Gasteiger partial charge in [-0.3, -0.25) is 9.59 Å². The molecule has 0 aromatic heterocycles. The van der Waals surface area contributed by atoms with Crippen molar-refractivity contribution >= 4 is 11.8 Å². The van der Waals surface area contributed by atoms with Crippen LogP contribution in [-0.2, 0) is 9.59 Å². The molecule has 2 N–H and O–H groups in total. The lowest BCUT2D eigenvalue weighted by Gasteiger charge is -2.32. The Morgan fingerprint density at radius 3 is 1.48 bits per heavy atom. The van der Waals surface area contributed by atoms with Crippen LogP contribution in [-0.4, -0.2) is 23.9 Å². The molecule has 2 rings (SSSR count). The maximum Gasteiger partial charge on any atom is 0.236 e. The second kappa shape index (κ2) is 8.32. The molecule has 0 aliphatic heterocycles. The van der Waals surface area contributed by atoms with Crippen molar-refractivity contribution in [1.29, 1.82) is 0 Å². The standard InChI is InChI=1S/C19H30N2O2/c1-3-13-19(14-4-2,17(22)20-15-9-5-6-10-15)18(23)21-16-11-7-8-12-16/h3-4,15-16H,1-2,5-14H2,(H,20,22)(H,21,23). The van der Waals surface area contributed by atoms with Crippen LogP contribution in [0.1, 0.15) is 64.2 Å². The molecule has 0 bridgehead atoms. The van der Waals surface area contributed by atoms with E-state index in [0.29, 0.717) is 12.8 Å². The molecule has 0 atom stereocenters. The summed E-state index contributed by atoms with van der Waals surface area (Å²) in [5, 5.41) is 6.20. The van der Waals surface area contributed by atoms with Crippen LogP contribution in [0.5, 0.6) is 0 Å². The maximum atomic E-state index is 12.9. The SMILES string of the molecule is C=CCC(CC=C)(C(=O)NC1CCCC1)C(=O)NC1CCCC1. The van der Waals surface area contributed by atoms with Gasteiger partial charge in [0.05, 0.1) is 0 Å². The minimum absolute atomic E-state index is 0.167. The third-order valence-corrected chi connectivity index (χ3v) is 5.24. The van der Waals surface area contributed by atoms with Gasteiger partial charge in [-0.1, -0.05) is 37.8 Å². The highest BCUT2D eigenvalue weighted by molar-refractivity contribution is 6.05. The molecule has 2 fully saturated rings. The summed E-state index contributed by atoms with van der Waals surface area (Å²) >= 11 is 0. The third kappa shape index (κ3) is 4.24. The molecule has 4 nitrogen and oxygen atoms in total. The summed E-state index contributed by atoms with van der Waals surface area (Å²) in [7, 11) is 0.